The molecule has 2 aromatic rings. The fourth-order valence-electron chi connectivity index (χ4n) is 1.43. The van der Waals surface area contributed by atoms with Crippen molar-refractivity contribution in [3.05, 3.63) is 64.2 Å². The number of hydrogen-bond acceptors (Lipinski definition) is 4. The topological polar surface area (TPSA) is 67.9 Å². The van der Waals surface area contributed by atoms with Crippen LogP contribution >= 0.6 is 0 Å². The Hall–Kier alpha value is -2.56. The molecule has 0 atom stereocenters. The molecule has 18 heavy (non-hydrogen) atoms. The second-order valence-corrected chi connectivity index (χ2v) is 3.76. The highest BCUT2D eigenvalue weighted by Gasteiger charge is 2.03. The molecule has 0 heterocycles. The number of azo groups is 1. The van der Waals surface area contributed by atoms with Gasteiger partial charge < -0.3 is 0 Å². The Morgan fingerprint density at radius 2 is 1.67 bits per heavy atom. The van der Waals surface area contributed by atoms with Crippen LogP contribution in [0.25, 0.3) is 0 Å². The number of nitro benzene ring substituents is 1. The van der Waals surface area contributed by atoms with E-state index >= 15 is 0 Å². The summed E-state index contributed by atoms with van der Waals surface area (Å²) in [5.74, 6) is 0. The van der Waals surface area contributed by atoms with Crippen LogP contribution in [0.3, 0.4) is 0 Å². The standard InChI is InChI=1S/C13H11N3O2/c1-10-4-2-3-5-13(10)15-14-11-6-8-12(9-7-11)16(17)18/h2-9H,1H3. The number of rotatable bonds is 3. The third kappa shape index (κ3) is 2.76. The molecule has 2 rings (SSSR count). The van der Waals surface area contributed by atoms with Crippen molar-refractivity contribution >= 4 is 17.1 Å². The van der Waals surface area contributed by atoms with E-state index in [4.69, 9.17) is 0 Å². The van der Waals surface area contributed by atoms with Crippen molar-refractivity contribution in [2.45, 2.75) is 6.92 Å². The summed E-state index contributed by atoms with van der Waals surface area (Å²) in [6.07, 6.45) is 0. The normalized spacial score (nSPS) is 10.7. The van der Waals surface area contributed by atoms with Gasteiger partial charge in [0.2, 0.25) is 0 Å². The molecule has 0 aliphatic heterocycles. The second-order valence-electron chi connectivity index (χ2n) is 3.76. The van der Waals surface area contributed by atoms with Crippen LogP contribution in [0.15, 0.2) is 58.8 Å². The SMILES string of the molecule is Cc1ccccc1N=Nc1ccc([N+](=O)[O-])cc1. The van der Waals surface area contributed by atoms with Crippen molar-refractivity contribution in [1.29, 1.82) is 0 Å². The predicted octanol–water partition coefficient (Wildman–Crippen LogP) is 4.32. The average molecular weight is 241 g/mol. The van der Waals surface area contributed by atoms with E-state index in [0.29, 0.717) is 5.69 Å². The van der Waals surface area contributed by atoms with Crippen molar-refractivity contribution in [1.82, 2.24) is 0 Å². The Labute approximate surface area is 104 Å². The minimum absolute atomic E-state index is 0.0461. The third-order valence-electron chi connectivity index (χ3n) is 2.45. The zero-order valence-electron chi connectivity index (χ0n) is 9.78. The second kappa shape index (κ2) is 5.18. The van der Waals surface area contributed by atoms with Crippen LogP contribution in [0.1, 0.15) is 5.56 Å². The van der Waals surface area contributed by atoms with Gasteiger partial charge in [-0.3, -0.25) is 10.1 Å². The average Bonchev–Trinajstić information content (AvgIpc) is 2.38. The highest BCUT2D eigenvalue weighted by molar-refractivity contribution is 5.47. The quantitative estimate of drug-likeness (QED) is 0.456. The van der Waals surface area contributed by atoms with E-state index < -0.39 is 4.92 Å². The molecule has 0 radical (unpaired) electrons. The van der Waals surface area contributed by atoms with Crippen LogP contribution in [-0.2, 0) is 0 Å². The lowest BCUT2D eigenvalue weighted by atomic mass is 10.2. The van der Waals surface area contributed by atoms with Crippen molar-refractivity contribution < 1.29 is 4.92 Å². The molecule has 0 aromatic heterocycles. The van der Waals surface area contributed by atoms with E-state index in [1.54, 1.807) is 12.1 Å². The van der Waals surface area contributed by atoms with Gasteiger partial charge in [0.15, 0.2) is 0 Å². The predicted molar refractivity (Wildman–Crippen MR) is 68.5 cm³/mol. The van der Waals surface area contributed by atoms with Gasteiger partial charge >= 0.3 is 0 Å². The molecule has 0 aliphatic rings. The van der Waals surface area contributed by atoms with E-state index in [-0.39, 0.29) is 5.69 Å². The first-order chi connectivity index (χ1) is 8.66. The number of nitrogens with zero attached hydrogens (tertiary/aromatic N) is 3. The van der Waals surface area contributed by atoms with Gasteiger partial charge in [0, 0.05) is 12.1 Å². The van der Waals surface area contributed by atoms with E-state index in [1.165, 1.54) is 12.1 Å². The highest BCUT2D eigenvalue weighted by atomic mass is 16.6. The van der Waals surface area contributed by atoms with Crippen LogP contribution in [0.4, 0.5) is 17.1 Å². The molecule has 0 saturated heterocycles. The molecule has 0 fully saturated rings. The van der Waals surface area contributed by atoms with Gasteiger partial charge in [0.25, 0.3) is 5.69 Å². The number of non-ortho nitro benzene ring substituents is 1. The maximum absolute atomic E-state index is 10.5. The Kier molecular flexibility index (Phi) is 3.43. The van der Waals surface area contributed by atoms with Crippen LogP contribution in [-0.4, -0.2) is 4.92 Å². The van der Waals surface area contributed by atoms with Crippen LogP contribution in [0.5, 0.6) is 0 Å². The number of aryl methyl sites for hydroxylation is 1. The molecular weight excluding hydrogens is 230 g/mol. The first-order valence-electron chi connectivity index (χ1n) is 5.38. The molecule has 0 bridgehead atoms. The van der Waals surface area contributed by atoms with Crippen molar-refractivity contribution in [2.24, 2.45) is 10.2 Å². The fourth-order valence-corrected chi connectivity index (χ4v) is 1.43. The Bertz CT molecular complexity index is 591. The monoisotopic (exact) mass is 241 g/mol. The molecular formula is C13H11N3O2. The summed E-state index contributed by atoms with van der Waals surface area (Å²) < 4.78 is 0. The highest BCUT2D eigenvalue weighted by Crippen LogP contribution is 2.22. The van der Waals surface area contributed by atoms with Crippen molar-refractivity contribution in [2.75, 3.05) is 0 Å². The molecule has 0 saturated carbocycles. The summed E-state index contributed by atoms with van der Waals surface area (Å²) in [6.45, 7) is 1.95. The molecule has 5 heteroatoms. The van der Waals surface area contributed by atoms with Gasteiger partial charge in [-0.1, -0.05) is 18.2 Å². The van der Waals surface area contributed by atoms with E-state index in [0.717, 1.165) is 11.3 Å². The largest absolute Gasteiger partial charge is 0.269 e. The zero-order valence-corrected chi connectivity index (χ0v) is 9.78. The molecule has 0 amide bonds. The summed E-state index contributed by atoms with van der Waals surface area (Å²) >= 11 is 0. The summed E-state index contributed by atoms with van der Waals surface area (Å²) in [5, 5.41) is 18.6. The van der Waals surface area contributed by atoms with Crippen LogP contribution in [0.2, 0.25) is 0 Å². The molecule has 0 spiro atoms. The summed E-state index contributed by atoms with van der Waals surface area (Å²) in [4.78, 5) is 10.0. The first-order valence-corrected chi connectivity index (χ1v) is 5.38. The first kappa shape index (κ1) is 11.9. The fraction of sp³-hybridized carbons (Fsp3) is 0.0769. The van der Waals surface area contributed by atoms with Gasteiger partial charge in [0.05, 0.1) is 16.3 Å². The van der Waals surface area contributed by atoms with Gasteiger partial charge in [-0.15, -0.1) is 0 Å². The molecule has 5 nitrogen and oxygen atoms in total. The number of hydrogen-bond donors (Lipinski definition) is 0. The Morgan fingerprint density at radius 3 is 2.28 bits per heavy atom. The maximum atomic E-state index is 10.5. The van der Waals surface area contributed by atoms with Gasteiger partial charge in [0.1, 0.15) is 0 Å². The Balaban J connectivity index is 2.19. The molecule has 2 aromatic carbocycles. The van der Waals surface area contributed by atoms with Crippen LogP contribution in [0, 0.1) is 17.0 Å². The van der Waals surface area contributed by atoms with E-state index in [9.17, 15) is 10.1 Å². The molecule has 0 unspecified atom stereocenters. The molecule has 0 N–H and O–H groups in total. The smallest absolute Gasteiger partial charge is 0.258 e. The summed E-state index contributed by atoms with van der Waals surface area (Å²) in [5.41, 5.74) is 2.45. The van der Waals surface area contributed by atoms with Gasteiger partial charge in [-0.05, 0) is 30.7 Å². The van der Waals surface area contributed by atoms with E-state index in [2.05, 4.69) is 10.2 Å². The lowest BCUT2D eigenvalue weighted by molar-refractivity contribution is -0.384. The van der Waals surface area contributed by atoms with Gasteiger partial charge in [-0.25, -0.2) is 0 Å². The molecule has 90 valence electrons. The van der Waals surface area contributed by atoms with Gasteiger partial charge in [-0.2, -0.15) is 10.2 Å². The summed E-state index contributed by atoms with van der Waals surface area (Å²) in [6, 6.07) is 13.6. The minimum Gasteiger partial charge on any atom is -0.258 e. The lowest BCUT2D eigenvalue weighted by Gasteiger charge is -1.97. The Morgan fingerprint density at radius 1 is 1.00 bits per heavy atom. The third-order valence-corrected chi connectivity index (χ3v) is 2.45. The number of benzene rings is 2. The lowest BCUT2D eigenvalue weighted by Crippen LogP contribution is -1.85. The zero-order chi connectivity index (χ0) is 13.0. The molecule has 0 aliphatic carbocycles. The maximum Gasteiger partial charge on any atom is 0.269 e. The summed E-state index contributed by atoms with van der Waals surface area (Å²) in [7, 11) is 0. The van der Waals surface area contributed by atoms with Crippen LogP contribution < -0.4 is 0 Å². The minimum atomic E-state index is -0.442. The van der Waals surface area contributed by atoms with E-state index in [1.807, 2.05) is 31.2 Å². The number of nitro groups is 1. The van der Waals surface area contributed by atoms with Crippen molar-refractivity contribution in [3.8, 4) is 0 Å². The van der Waals surface area contributed by atoms with Crippen molar-refractivity contribution in [3.63, 3.8) is 0 Å².